The van der Waals surface area contributed by atoms with Gasteiger partial charge in [0.05, 0.1) is 0 Å². The molecule has 0 aromatic heterocycles. The van der Waals surface area contributed by atoms with Crippen molar-refractivity contribution in [3.63, 3.8) is 0 Å². The molecule has 0 fully saturated rings. The lowest BCUT2D eigenvalue weighted by Crippen LogP contribution is -2.04. The molecule has 2 atom stereocenters. The molecule has 174 valence electrons. The standard InChI is InChI=1S/C36H24O/c1-3-13-25-23(11-1)21-33(29-17-7-5-15-27(25)29)35-31-19-9-10-20-32(31)36(37-35)34-22-24-12-2-4-14-26(24)28-16-6-8-18-30(28)34/h1-22,35-36H. The smallest absolute Gasteiger partial charge is 0.110 e. The molecule has 1 aliphatic rings. The van der Waals surface area contributed by atoms with Crippen molar-refractivity contribution >= 4 is 43.1 Å². The summed E-state index contributed by atoms with van der Waals surface area (Å²) in [4.78, 5) is 0. The van der Waals surface area contributed by atoms with Crippen LogP contribution in [0.25, 0.3) is 43.1 Å². The van der Waals surface area contributed by atoms with Gasteiger partial charge in [-0.05, 0) is 77.5 Å². The molecule has 0 bridgehead atoms. The van der Waals surface area contributed by atoms with Gasteiger partial charge in [-0.3, -0.25) is 0 Å². The summed E-state index contributed by atoms with van der Waals surface area (Å²) >= 11 is 0. The van der Waals surface area contributed by atoms with Crippen LogP contribution < -0.4 is 0 Å². The molecule has 0 saturated heterocycles. The van der Waals surface area contributed by atoms with Gasteiger partial charge in [0.15, 0.2) is 0 Å². The molecule has 0 radical (unpaired) electrons. The number of benzene rings is 7. The van der Waals surface area contributed by atoms with Crippen molar-refractivity contribution in [2.45, 2.75) is 12.2 Å². The summed E-state index contributed by atoms with van der Waals surface area (Å²) in [5, 5.41) is 10.1. The minimum absolute atomic E-state index is 0.138. The van der Waals surface area contributed by atoms with E-state index in [2.05, 4.69) is 133 Å². The van der Waals surface area contributed by atoms with Crippen molar-refractivity contribution in [1.29, 1.82) is 0 Å². The Bertz CT molecular complexity index is 1840. The first-order chi connectivity index (χ1) is 18.4. The van der Waals surface area contributed by atoms with Crippen LogP contribution in [-0.4, -0.2) is 0 Å². The van der Waals surface area contributed by atoms with Crippen LogP contribution in [0.4, 0.5) is 0 Å². The number of fused-ring (bicyclic) bond motifs is 7. The maximum absolute atomic E-state index is 7.12. The minimum Gasteiger partial charge on any atom is -0.356 e. The average Bonchev–Trinajstić information content (AvgIpc) is 3.36. The molecule has 8 rings (SSSR count). The van der Waals surface area contributed by atoms with Gasteiger partial charge in [-0.25, -0.2) is 0 Å². The van der Waals surface area contributed by atoms with Crippen LogP contribution in [0.2, 0.25) is 0 Å². The Balaban J connectivity index is 1.38. The van der Waals surface area contributed by atoms with E-state index in [0.717, 1.165) is 0 Å². The number of rotatable bonds is 2. The van der Waals surface area contributed by atoms with Crippen LogP contribution in [0.1, 0.15) is 34.5 Å². The SMILES string of the molecule is c1ccc2c(c1)C(c1cc3ccccc3c3ccccc13)OC2c1cc2ccccc2c2ccccc12. The molecule has 1 nitrogen and oxygen atoms in total. The van der Waals surface area contributed by atoms with Crippen LogP contribution >= 0.6 is 0 Å². The fourth-order valence-electron chi connectivity index (χ4n) is 6.35. The van der Waals surface area contributed by atoms with E-state index in [1.807, 2.05) is 0 Å². The molecular formula is C36H24O. The molecule has 1 aliphatic heterocycles. The molecule has 1 heteroatoms. The Morgan fingerprint density at radius 2 is 0.676 bits per heavy atom. The van der Waals surface area contributed by atoms with E-state index >= 15 is 0 Å². The first-order valence-corrected chi connectivity index (χ1v) is 12.9. The monoisotopic (exact) mass is 472 g/mol. The van der Waals surface area contributed by atoms with Gasteiger partial charge in [0.2, 0.25) is 0 Å². The first kappa shape index (κ1) is 20.7. The lowest BCUT2D eigenvalue weighted by atomic mass is 9.89. The van der Waals surface area contributed by atoms with Crippen LogP contribution in [0.5, 0.6) is 0 Å². The third kappa shape index (κ3) is 3.08. The molecular weight excluding hydrogens is 448 g/mol. The molecule has 0 N–H and O–H groups in total. The van der Waals surface area contributed by atoms with Crippen molar-refractivity contribution in [3.8, 4) is 0 Å². The highest BCUT2D eigenvalue weighted by atomic mass is 16.5. The Hall–Kier alpha value is -4.46. The lowest BCUT2D eigenvalue weighted by molar-refractivity contribution is 0.0600. The van der Waals surface area contributed by atoms with E-state index in [0.29, 0.717) is 0 Å². The second kappa shape index (κ2) is 8.03. The largest absolute Gasteiger partial charge is 0.356 e. The van der Waals surface area contributed by atoms with Gasteiger partial charge in [0.25, 0.3) is 0 Å². The van der Waals surface area contributed by atoms with Crippen molar-refractivity contribution < 1.29 is 4.74 Å². The molecule has 37 heavy (non-hydrogen) atoms. The highest BCUT2D eigenvalue weighted by molar-refractivity contribution is 6.10. The fourth-order valence-corrected chi connectivity index (χ4v) is 6.35. The van der Waals surface area contributed by atoms with Crippen LogP contribution in [0.3, 0.4) is 0 Å². The summed E-state index contributed by atoms with van der Waals surface area (Å²) in [6, 6.07) is 48.2. The van der Waals surface area contributed by atoms with Crippen LogP contribution in [0, 0.1) is 0 Å². The Morgan fingerprint density at radius 3 is 1.14 bits per heavy atom. The summed E-state index contributed by atoms with van der Waals surface area (Å²) in [6.07, 6.45) is -0.276. The molecule has 2 unspecified atom stereocenters. The second-order valence-corrected chi connectivity index (χ2v) is 9.99. The van der Waals surface area contributed by atoms with Gasteiger partial charge in [0.1, 0.15) is 12.2 Å². The van der Waals surface area contributed by atoms with Gasteiger partial charge in [-0.2, -0.15) is 0 Å². The fraction of sp³-hybridized carbons (Fsp3) is 0.0556. The first-order valence-electron chi connectivity index (χ1n) is 12.9. The zero-order valence-electron chi connectivity index (χ0n) is 20.3. The number of hydrogen-bond acceptors (Lipinski definition) is 1. The van der Waals surface area contributed by atoms with E-state index < -0.39 is 0 Å². The summed E-state index contributed by atoms with van der Waals surface area (Å²) in [7, 11) is 0. The van der Waals surface area contributed by atoms with Gasteiger partial charge < -0.3 is 4.74 Å². The van der Waals surface area contributed by atoms with Gasteiger partial charge >= 0.3 is 0 Å². The Morgan fingerprint density at radius 1 is 0.324 bits per heavy atom. The summed E-state index contributed by atoms with van der Waals surface area (Å²) < 4.78 is 7.12. The molecule has 1 heterocycles. The van der Waals surface area contributed by atoms with E-state index in [-0.39, 0.29) is 12.2 Å². The zero-order valence-corrected chi connectivity index (χ0v) is 20.3. The zero-order chi connectivity index (χ0) is 24.3. The highest BCUT2D eigenvalue weighted by Crippen LogP contribution is 2.49. The molecule has 0 saturated carbocycles. The van der Waals surface area contributed by atoms with E-state index in [1.54, 1.807) is 0 Å². The maximum atomic E-state index is 7.12. The van der Waals surface area contributed by atoms with Gasteiger partial charge in [0, 0.05) is 0 Å². The summed E-state index contributed by atoms with van der Waals surface area (Å²) in [5.74, 6) is 0. The molecule has 0 amide bonds. The quantitative estimate of drug-likeness (QED) is 0.228. The Kier molecular flexibility index (Phi) is 4.49. The number of hydrogen-bond donors (Lipinski definition) is 0. The maximum Gasteiger partial charge on any atom is 0.110 e. The van der Waals surface area contributed by atoms with E-state index in [9.17, 15) is 0 Å². The van der Waals surface area contributed by atoms with E-state index in [1.165, 1.54) is 65.3 Å². The van der Waals surface area contributed by atoms with Crippen molar-refractivity contribution in [2.75, 3.05) is 0 Å². The topological polar surface area (TPSA) is 9.23 Å². The lowest BCUT2D eigenvalue weighted by Gasteiger charge is -2.20. The Labute approximate surface area is 215 Å². The molecule has 0 aliphatic carbocycles. The molecule has 7 aromatic rings. The molecule has 0 spiro atoms. The van der Waals surface area contributed by atoms with Crippen molar-refractivity contribution in [2.24, 2.45) is 0 Å². The minimum atomic E-state index is -0.138. The second-order valence-electron chi connectivity index (χ2n) is 9.99. The van der Waals surface area contributed by atoms with Gasteiger partial charge in [-0.15, -0.1) is 0 Å². The summed E-state index contributed by atoms with van der Waals surface area (Å²) in [5.41, 5.74) is 4.97. The summed E-state index contributed by atoms with van der Waals surface area (Å²) in [6.45, 7) is 0. The van der Waals surface area contributed by atoms with Crippen molar-refractivity contribution in [1.82, 2.24) is 0 Å². The van der Waals surface area contributed by atoms with Gasteiger partial charge in [-0.1, -0.05) is 121 Å². The van der Waals surface area contributed by atoms with E-state index in [4.69, 9.17) is 4.74 Å². The number of ether oxygens (including phenoxy) is 1. The third-order valence-electron chi connectivity index (χ3n) is 8.00. The van der Waals surface area contributed by atoms with Crippen LogP contribution in [0.15, 0.2) is 133 Å². The third-order valence-corrected chi connectivity index (χ3v) is 8.00. The molecule has 7 aromatic carbocycles. The predicted octanol–water partition coefficient (Wildman–Crippen LogP) is 9.51. The predicted molar refractivity (Wildman–Crippen MR) is 154 cm³/mol. The average molecular weight is 473 g/mol. The normalized spacial score (nSPS) is 17.1. The van der Waals surface area contributed by atoms with Crippen molar-refractivity contribution in [3.05, 3.63) is 156 Å². The highest BCUT2D eigenvalue weighted by Gasteiger charge is 2.35. The van der Waals surface area contributed by atoms with Crippen LogP contribution in [-0.2, 0) is 4.74 Å².